The molecule has 94 valence electrons. The van der Waals surface area contributed by atoms with Crippen LogP contribution in [0.4, 0.5) is 5.69 Å². The van der Waals surface area contributed by atoms with E-state index in [1.807, 2.05) is 18.2 Å². The van der Waals surface area contributed by atoms with Crippen LogP contribution in [0.15, 0.2) is 47.3 Å². The maximum absolute atomic E-state index is 12.1. The van der Waals surface area contributed by atoms with E-state index >= 15 is 0 Å². The highest BCUT2D eigenvalue weighted by Gasteiger charge is 2.09. The average molecular weight is 317 g/mol. The van der Waals surface area contributed by atoms with Crippen molar-refractivity contribution >= 4 is 38.4 Å². The Morgan fingerprint density at radius 3 is 3.00 bits per heavy atom. The summed E-state index contributed by atoms with van der Waals surface area (Å²) < 4.78 is 0.764. The summed E-state index contributed by atoms with van der Waals surface area (Å²) in [5, 5.41) is 10.6. The quantitative estimate of drug-likeness (QED) is 0.763. The number of carbonyl (C=O) groups excluding carboxylic acids is 1. The monoisotopic (exact) mass is 316 g/mol. The lowest BCUT2D eigenvalue weighted by atomic mass is 10.2. The van der Waals surface area contributed by atoms with Crippen LogP contribution in [0.25, 0.3) is 10.9 Å². The number of benzene rings is 1. The highest BCUT2D eigenvalue weighted by atomic mass is 79.9. The zero-order valence-corrected chi connectivity index (χ0v) is 11.3. The summed E-state index contributed by atoms with van der Waals surface area (Å²) in [6, 6.07) is 7.33. The lowest BCUT2D eigenvalue weighted by Gasteiger charge is -2.06. The van der Waals surface area contributed by atoms with Crippen molar-refractivity contribution in [1.29, 1.82) is 0 Å². The molecule has 2 aromatic heterocycles. The second-order valence-electron chi connectivity index (χ2n) is 3.99. The Balaban J connectivity index is 1.93. The van der Waals surface area contributed by atoms with Gasteiger partial charge in [0, 0.05) is 22.3 Å². The van der Waals surface area contributed by atoms with E-state index in [4.69, 9.17) is 0 Å². The van der Waals surface area contributed by atoms with Gasteiger partial charge in [0.05, 0.1) is 23.0 Å². The van der Waals surface area contributed by atoms with Crippen LogP contribution in [-0.2, 0) is 0 Å². The highest BCUT2D eigenvalue weighted by molar-refractivity contribution is 9.10. The predicted octanol–water partition coefficient (Wildman–Crippen LogP) is 2.97. The maximum Gasteiger partial charge on any atom is 0.257 e. The van der Waals surface area contributed by atoms with Crippen LogP contribution < -0.4 is 5.32 Å². The van der Waals surface area contributed by atoms with E-state index in [9.17, 15) is 4.79 Å². The smallest absolute Gasteiger partial charge is 0.257 e. The molecule has 0 unspecified atom stereocenters. The summed E-state index contributed by atoms with van der Waals surface area (Å²) in [5.41, 5.74) is 1.99. The molecular formula is C13H9BrN4O. The highest BCUT2D eigenvalue weighted by Crippen LogP contribution is 2.21. The van der Waals surface area contributed by atoms with Gasteiger partial charge in [-0.2, -0.15) is 5.10 Å². The maximum atomic E-state index is 12.1. The lowest BCUT2D eigenvalue weighted by molar-refractivity contribution is 0.102. The number of rotatable bonds is 2. The van der Waals surface area contributed by atoms with Gasteiger partial charge in [-0.1, -0.05) is 12.1 Å². The van der Waals surface area contributed by atoms with Crippen LogP contribution in [0.1, 0.15) is 10.4 Å². The Morgan fingerprint density at radius 1 is 1.26 bits per heavy atom. The van der Waals surface area contributed by atoms with Crippen molar-refractivity contribution in [2.45, 2.75) is 0 Å². The van der Waals surface area contributed by atoms with Crippen LogP contribution in [0.2, 0.25) is 0 Å². The van der Waals surface area contributed by atoms with E-state index in [1.165, 1.54) is 6.20 Å². The molecule has 0 aliphatic carbocycles. The first-order chi connectivity index (χ1) is 9.24. The summed E-state index contributed by atoms with van der Waals surface area (Å²) in [4.78, 5) is 16.1. The molecule has 2 heterocycles. The molecule has 1 amide bonds. The fourth-order valence-electron chi connectivity index (χ4n) is 1.80. The number of nitrogens with zero attached hydrogens (tertiary/aromatic N) is 2. The van der Waals surface area contributed by atoms with E-state index in [0.29, 0.717) is 11.3 Å². The minimum Gasteiger partial charge on any atom is -0.320 e. The Kier molecular flexibility index (Phi) is 3.00. The first-order valence-electron chi connectivity index (χ1n) is 5.58. The van der Waals surface area contributed by atoms with Gasteiger partial charge in [0.1, 0.15) is 0 Å². The lowest BCUT2D eigenvalue weighted by Crippen LogP contribution is -2.12. The molecule has 0 aliphatic rings. The molecule has 6 heteroatoms. The number of anilines is 1. The number of hydrogen-bond acceptors (Lipinski definition) is 3. The molecule has 0 radical (unpaired) electrons. The molecule has 0 saturated carbocycles. The van der Waals surface area contributed by atoms with Crippen molar-refractivity contribution in [2.24, 2.45) is 0 Å². The molecule has 0 bridgehead atoms. The standard InChI is InChI=1S/C13H9BrN4O/c14-10-4-9(5-15-7-10)13(19)17-11-3-1-2-8-6-16-18-12(8)11/h1-7H,(H,16,18)(H,17,19). The molecule has 0 aliphatic heterocycles. The number of fused-ring (bicyclic) bond motifs is 1. The zero-order chi connectivity index (χ0) is 13.2. The van der Waals surface area contributed by atoms with E-state index in [2.05, 4.69) is 36.4 Å². The van der Waals surface area contributed by atoms with E-state index in [0.717, 1.165) is 15.4 Å². The summed E-state index contributed by atoms with van der Waals surface area (Å²) >= 11 is 3.29. The second-order valence-corrected chi connectivity index (χ2v) is 4.90. The summed E-state index contributed by atoms with van der Waals surface area (Å²) in [6.45, 7) is 0. The van der Waals surface area contributed by atoms with E-state index in [-0.39, 0.29) is 5.91 Å². The predicted molar refractivity (Wildman–Crippen MR) is 76.0 cm³/mol. The van der Waals surface area contributed by atoms with Crippen LogP contribution in [-0.4, -0.2) is 21.1 Å². The molecule has 2 N–H and O–H groups in total. The van der Waals surface area contributed by atoms with Gasteiger partial charge in [-0.3, -0.25) is 14.9 Å². The Labute approximate surface area is 117 Å². The van der Waals surface area contributed by atoms with Gasteiger partial charge in [-0.05, 0) is 28.1 Å². The number of halogens is 1. The normalized spacial score (nSPS) is 10.6. The minimum absolute atomic E-state index is 0.212. The topological polar surface area (TPSA) is 70.7 Å². The van der Waals surface area contributed by atoms with Crippen LogP contribution in [0.5, 0.6) is 0 Å². The summed E-state index contributed by atoms with van der Waals surface area (Å²) in [5.74, 6) is -0.212. The number of aromatic nitrogens is 3. The molecule has 0 fully saturated rings. The van der Waals surface area contributed by atoms with Crippen molar-refractivity contribution < 1.29 is 4.79 Å². The third-order valence-electron chi connectivity index (χ3n) is 2.69. The van der Waals surface area contributed by atoms with E-state index < -0.39 is 0 Å². The van der Waals surface area contributed by atoms with Gasteiger partial charge in [-0.25, -0.2) is 0 Å². The van der Waals surface area contributed by atoms with Gasteiger partial charge >= 0.3 is 0 Å². The van der Waals surface area contributed by atoms with Crippen molar-refractivity contribution in [3.05, 3.63) is 52.9 Å². The zero-order valence-electron chi connectivity index (χ0n) is 9.72. The fraction of sp³-hybridized carbons (Fsp3) is 0. The second kappa shape index (κ2) is 4.81. The molecule has 0 atom stereocenters. The summed E-state index contributed by atoms with van der Waals surface area (Å²) in [6.07, 6.45) is 4.87. The first-order valence-corrected chi connectivity index (χ1v) is 6.37. The number of hydrogen-bond donors (Lipinski definition) is 2. The number of amides is 1. The largest absolute Gasteiger partial charge is 0.320 e. The molecule has 1 aromatic carbocycles. The molecule has 3 aromatic rings. The summed E-state index contributed by atoms with van der Waals surface area (Å²) in [7, 11) is 0. The molecular weight excluding hydrogens is 308 g/mol. The number of pyridine rings is 1. The van der Waals surface area contributed by atoms with Crippen molar-refractivity contribution in [3.8, 4) is 0 Å². The molecule has 0 saturated heterocycles. The van der Waals surface area contributed by atoms with Crippen LogP contribution >= 0.6 is 15.9 Å². The Hall–Kier alpha value is -2.21. The molecule has 5 nitrogen and oxygen atoms in total. The first kappa shape index (κ1) is 11.9. The Morgan fingerprint density at radius 2 is 2.16 bits per heavy atom. The van der Waals surface area contributed by atoms with Gasteiger partial charge < -0.3 is 5.32 Å². The number of carbonyl (C=O) groups is 1. The fourth-order valence-corrected chi connectivity index (χ4v) is 2.17. The van der Waals surface area contributed by atoms with Gasteiger partial charge in [0.2, 0.25) is 0 Å². The van der Waals surface area contributed by atoms with Gasteiger partial charge in [-0.15, -0.1) is 0 Å². The van der Waals surface area contributed by atoms with Crippen LogP contribution in [0.3, 0.4) is 0 Å². The molecule has 0 spiro atoms. The number of nitrogens with one attached hydrogen (secondary N) is 2. The van der Waals surface area contributed by atoms with Gasteiger partial charge in [0.25, 0.3) is 5.91 Å². The van der Waals surface area contributed by atoms with Crippen molar-refractivity contribution in [1.82, 2.24) is 15.2 Å². The SMILES string of the molecule is O=C(Nc1cccc2cn[nH]c12)c1cncc(Br)c1. The van der Waals surface area contributed by atoms with Crippen molar-refractivity contribution in [2.75, 3.05) is 5.32 Å². The Bertz CT molecular complexity index is 753. The minimum atomic E-state index is -0.212. The average Bonchev–Trinajstić information content (AvgIpc) is 2.88. The third-order valence-corrected chi connectivity index (χ3v) is 3.13. The molecule has 19 heavy (non-hydrogen) atoms. The number of para-hydroxylation sites is 1. The molecule has 3 rings (SSSR count). The van der Waals surface area contributed by atoms with Crippen molar-refractivity contribution in [3.63, 3.8) is 0 Å². The van der Waals surface area contributed by atoms with Gasteiger partial charge in [0.15, 0.2) is 0 Å². The number of H-pyrrole nitrogens is 1. The van der Waals surface area contributed by atoms with Crippen LogP contribution in [0, 0.1) is 0 Å². The number of aromatic amines is 1. The van der Waals surface area contributed by atoms with E-state index in [1.54, 1.807) is 18.5 Å². The third kappa shape index (κ3) is 2.34.